The minimum absolute atomic E-state index is 0.0454. The van der Waals surface area contributed by atoms with Crippen LogP contribution in [0.2, 0.25) is 0 Å². The van der Waals surface area contributed by atoms with E-state index in [-0.39, 0.29) is 29.5 Å². The molecule has 0 spiro atoms. The Labute approximate surface area is 293 Å². The van der Waals surface area contributed by atoms with Crippen LogP contribution in [0.5, 0.6) is 0 Å². The summed E-state index contributed by atoms with van der Waals surface area (Å²) in [5, 5.41) is 10.4. The molecule has 254 valence electrons. The van der Waals surface area contributed by atoms with Crippen LogP contribution in [0.4, 0.5) is 0 Å². The van der Waals surface area contributed by atoms with Crippen LogP contribution in [-0.4, -0.2) is 19.5 Å². The minimum Gasteiger partial charge on any atom is -0.301 e. The summed E-state index contributed by atoms with van der Waals surface area (Å²) in [5.74, 6) is -0.00606. The molecule has 11 heteroatoms. The summed E-state index contributed by atoms with van der Waals surface area (Å²) in [6, 6.07) is 21.6. The quantitative estimate of drug-likeness (QED) is 0.145. The summed E-state index contributed by atoms with van der Waals surface area (Å²) in [7, 11) is 0. The maximum atomic E-state index is 12.7. The molecule has 0 amide bonds. The Bertz CT molecular complexity index is 2230. The third kappa shape index (κ3) is 9.65. The van der Waals surface area contributed by atoms with Crippen LogP contribution in [0.3, 0.4) is 0 Å². The maximum Gasteiger partial charge on any atom is 0.329 e. The first-order valence-electron chi connectivity index (χ1n) is 15.9. The lowest BCUT2D eigenvalue weighted by molar-refractivity contribution is 0.617. The molecule has 0 radical (unpaired) electrons. The molecule has 49 heavy (non-hydrogen) atoms. The molecule has 3 N–H and O–H groups in total. The summed E-state index contributed by atoms with van der Waals surface area (Å²) in [4.78, 5) is 58.3. The Morgan fingerprint density at radius 1 is 0.694 bits per heavy atom. The molecular weight excluding hydrogens is 655 g/mol. The number of hydrogen-bond acceptors (Lipinski definition) is 7. The normalized spacial score (nSPS) is 11.0. The Balaban J connectivity index is 0.000000237. The van der Waals surface area contributed by atoms with Gasteiger partial charge in [0.1, 0.15) is 0 Å². The molecular formula is C38H41N5O4S2. The van der Waals surface area contributed by atoms with Crippen molar-refractivity contribution in [2.45, 2.75) is 93.6 Å². The van der Waals surface area contributed by atoms with Gasteiger partial charge >= 0.3 is 11.4 Å². The predicted molar refractivity (Wildman–Crippen MR) is 198 cm³/mol. The number of benzene rings is 3. The van der Waals surface area contributed by atoms with E-state index in [1.54, 1.807) is 22.8 Å². The van der Waals surface area contributed by atoms with Crippen LogP contribution in [0, 0.1) is 39.0 Å². The van der Waals surface area contributed by atoms with Gasteiger partial charge in [-0.05, 0) is 104 Å². The highest BCUT2D eigenvalue weighted by atomic mass is 32.2. The summed E-state index contributed by atoms with van der Waals surface area (Å²) in [6.07, 6.45) is 0. The number of nitrogens with one attached hydrogen (secondary N) is 3. The fraction of sp³-hybridized carbons (Fsp3) is 0.289. The Morgan fingerprint density at radius 2 is 1.22 bits per heavy atom. The van der Waals surface area contributed by atoms with Crippen molar-refractivity contribution in [2.75, 3.05) is 0 Å². The van der Waals surface area contributed by atoms with Gasteiger partial charge in [-0.3, -0.25) is 24.1 Å². The van der Waals surface area contributed by atoms with E-state index in [0.29, 0.717) is 26.7 Å². The van der Waals surface area contributed by atoms with E-state index >= 15 is 0 Å². The van der Waals surface area contributed by atoms with Crippen LogP contribution in [0.15, 0.2) is 99.7 Å². The highest BCUT2D eigenvalue weighted by Gasteiger charge is 2.20. The zero-order valence-corrected chi connectivity index (χ0v) is 30.6. The van der Waals surface area contributed by atoms with E-state index in [9.17, 15) is 19.2 Å². The molecule has 0 fully saturated rings. The number of H-pyrrole nitrogens is 3. The number of hydrogen-bond donors (Lipinski definition) is 3. The molecule has 0 aliphatic heterocycles. The van der Waals surface area contributed by atoms with Gasteiger partial charge in [0.2, 0.25) is 0 Å². The van der Waals surface area contributed by atoms with Gasteiger partial charge in [-0.15, -0.1) is 0 Å². The lowest BCUT2D eigenvalue weighted by Crippen LogP contribution is -2.34. The zero-order valence-electron chi connectivity index (χ0n) is 29.0. The number of aryl methyl sites for hydroxylation is 4. The molecule has 0 saturated heterocycles. The summed E-state index contributed by atoms with van der Waals surface area (Å²) >= 11 is 2.86. The Kier molecular flexibility index (Phi) is 12.1. The second kappa shape index (κ2) is 16.1. The lowest BCUT2D eigenvalue weighted by Gasteiger charge is -2.18. The average molecular weight is 696 g/mol. The standard InChI is InChI=1S/C23H23N3O2S.C15H18N2O2S/c1-14(2)20-21(27)25-23(28)26(13-18-7-5-6-17(11-18)12-24)22(20)29-19-9-15(3)8-16(4)10-19;1-8(2)12-13(18)16-15(19)17-14(12)20-11-6-9(3)5-10(4)7-11/h5-11,14H,13H2,1-4H3,(H,25,27,28);5-8H,1-4H3,(H2,16,17,18,19). The summed E-state index contributed by atoms with van der Waals surface area (Å²) in [6.45, 7) is 16.2. The van der Waals surface area contributed by atoms with Crippen LogP contribution < -0.4 is 22.5 Å². The van der Waals surface area contributed by atoms with Crippen LogP contribution in [-0.2, 0) is 6.54 Å². The Hall–Kier alpha value is -4.79. The number of aromatic amines is 3. The van der Waals surface area contributed by atoms with Crippen molar-refractivity contribution < 1.29 is 0 Å². The van der Waals surface area contributed by atoms with E-state index in [1.165, 1.54) is 23.5 Å². The number of rotatable bonds is 8. The molecule has 0 atom stereocenters. The van der Waals surface area contributed by atoms with Crippen molar-refractivity contribution in [1.82, 2.24) is 19.5 Å². The molecule has 2 heterocycles. The van der Waals surface area contributed by atoms with Gasteiger partial charge in [0.05, 0.1) is 39.4 Å². The van der Waals surface area contributed by atoms with Crippen LogP contribution >= 0.6 is 23.5 Å². The van der Waals surface area contributed by atoms with Crippen LogP contribution in [0.1, 0.15) is 84.0 Å². The SMILES string of the molecule is Cc1cc(C)cc(Sc2[nH]c(=O)[nH]c(=O)c2C(C)C)c1.Cc1cc(C)cc(Sc2c(C(C)C)c(=O)[nH]c(=O)n2Cc2cccc(C#N)c2)c1. The second-order valence-electron chi connectivity index (χ2n) is 12.7. The third-order valence-electron chi connectivity index (χ3n) is 7.51. The third-order valence-corrected chi connectivity index (χ3v) is 9.61. The average Bonchev–Trinajstić information content (AvgIpc) is 2.97. The van der Waals surface area contributed by atoms with Crippen molar-refractivity contribution in [3.05, 3.63) is 147 Å². The van der Waals surface area contributed by atoms with E-state index in [0.717, 1.165) is 37.6 Å². The molecule has 9 nitrogen and oxygen atoms in total. The van der Waals surface area contributed by atoms with Gasteiger partial charge in [0.15, 0.2) is 0 Å². The van der Waals surface area contributed by atoms with Crippen molar-refractivity contribution in [3.8, 4) is 6.07 Å². The molecule has 0 saturated carbocycles. The fourth-order valence-electron chi connectivity index (χ4n) is 5.54. The van der Waals surface area contributed by atoms with Gasteiger partial charge in [0, 0.05) is 9.79 Å². The number of aromatic nitrogens is 4. The van der Waals surface area contributed by atoms with E-state index < -0.39 is 11.4 Å². The molecule has 2 aromatic heterocycles. The smallest absolute Gasteiger partial charge is 0.301 e. The molecule has 5 rings (SSSR count). The summed E-state index contributed by atoms with van der Waals surface area (Å²) in [5.41, 5.74) is 5.56. The largest absolute Gasteiger partial charge is 0.329 e. The molecule has 0 bridgehead atoms. The predicted octanol–water partition coefficient (Wildman–Crippen LogP) is 7.30. The van der Waals surface area contributed by atoms with Gasteiger partial charge in [-0.25, -0.2) is 9.59 Å². The first kappa shape index (κ1) is 37.0. The van der Waals surface area contributed by atoms with E-state index in [2.05, 4.69) is 33.2 Å². The number of nitrogens with zero attached hydrogens (tertiary/aromatic N) is 2. The Morgan fingerprint density at radius 3 is 1.76 bits per heavy atom. The van der Waals surface area contributed by atoms with Gasteiger partial charge in [0.25, 0.3) is 11.1 Å². The topological polar surface area (TPSA) is 144 Å². The van der Waals surface area contributed by atoms with Gasteiger partial charge in [-0.1, -0.05) is 75.5 Å². The number of nitriles is 1. The van der Waals surface area contributed by atoms with Crippen LogP contribution in [0.25, 0.3) is 0 Å². The highest BCUT2D eigenvalue weighted by Crippen LogP contribution is 2.33. The van der Waals surface area contributed by atoms with Gasteiger partial charge < -0.3 is 4.98 Å². The summed E-state index contributed by atoms with van der Waals surface area (Å²) < 4.78 is 1.59. The minimum atomic E-state index is -0.466. The van der Waals surface area contributed by atoms with E-state index in [1.807, 2.05) is 85.7 Å². The van der Waals surface area contributed by atoms with Crippen molar-refractivity contribution in [2.24, 2.45) is 0 Å². The highest BCUT2D eigenvalue weighted by molar-refractivity contribution is 7.99. The molecule has 3 aromatic carbocycles. The van der Waals surface area contributed by atoms with Crippen molar-refractivity contribution in [1.29, 1.82) is 5.26 Å². The molecule has 5 aromatic rings. The first-order valence-corrected chi connectivity index (χ1v) is 17.5. The monoisotopic (exact) mass is 695 g/mol. The van der Waals surface area contributed by atoms with Crippen molar-refractivity contribution in [3.63, 3.8) is 0 Å². The first-order chi connectivity index (χ1) is 23.1. The van der Waals surface area contributed by atoms with Gasteiger partial charge in [-0.2, -0.15) is 5.26 Å². The van der Waals surface area contributed by atoms with Crippen molar-refractivity contribution >= 4 is 23.5 Å². The maximum absolute atomic E-state index is 12.7. The molecule has 0 unspecified atom stereocenters. The fourth-order valence-corrected chi connectivity index (χ4v) is 8.26. The second-order valence-corrected chi connectivity index (χ2v) is 14.8. The molecule has 0 aliphatic carbocycles. The zero-order chi connectivity index (χ0) is 36.0. The lowest BCUT2D eigenvalue weighted by atomic mass is 10.1. The molecule has 0 aliphatic rings. The van der Waals surface area contributed by atoms with E-state index in [4.69, 9.17) is 5.26 Å².